The molecule has 2 amide bonds. The first kappa shape index (κ1) is 13.5. The molecule has 0 saturated heterocycles. The zero-order valence-electron chi connectivity index (χ0n) is 11.0. The van der Waals surface area contributed by atoms with Gasteiger partial charge in [-0.25, -0.2) is 4.39 Å². The third kappa shape index (κ3) is 3.53. The van der Waals surface area contributed by atoms with Crippen molar-refractivity contribution in [1.29, 1.82) is 0 Å². The number of hydrogen-bond acceptors (Lipinski definition) is 2. The van der Waals surface area contributed by atoms with E-state index in [-0.39, 0.29) is 30.2 Å². The summed E-state index contributed by atoms with van der Waals surface area (Å²) in [5.74, 6) is -0.855. The lowest BCUT2D eigenvalue weighted by molar-refractivity contribution is -0.120. The number of benzene rings is 1. The van der Waals surface area contributed by atoms with Gasteiger partial charge in [0, 0.05) is 11.6 Å². The first-order chi connectivity index (χ1) is 8.97. The van der Waals surface area contributed by atoms with Gasteiger partial charge in [-0.3, -0.25) is 9.59 Å². The van der Waals surface area contributed by atoms with Crippen LogP contribution in [0.1, 0.15) is 34.3 Å². The van der Waals surface area contributed by atoms with E-state index in [0.717, 1.165) is 12.8 Å². The molecule has 1 aromatic rings. The van der Waals surface area contributed by atoms with E-state index in [9.17, 15) is 14.0 Å². The highest BCUT2D eigenvalue weighted by Crippen LogP contribution is 2.18. The molecule has 1 aliphatic rings. The van der Waals surface area contributed by atoms with Gasteiger partial charge in [0.1, 0.15) is 5.82 Å². The average molecular weight is 264 g/mol. The highest BCUT2D eigenvalue weighted by molar-refractivity contribution is 5.96. The SMILES string of the molecule is Cc1cc(C(=O)NCC(=O)NC2CC2)cc(C)c1F. The molecule has 0 radical (unpaired) electrons. The molecule has 19 heavy (non-hydrogen) atoms. The van der Waals surface area contributed by atoms with E-state index in [2.05, 4.69) is 10.6 Å². The van der Waals surface area contributed by atoms with Crippen LogP contribution in [0.5, 0.6) is 0 Å². The number of carbonyl (C=O) groups is 2. The molecule has 2 rings (SSSR count). The number of carbonyl (C=O) groups excluding carboxylic acids is 2. The molecule has 0 aromatic heterocycles. The van der Waals surface area contributed by atoms with Gasteiger partial charge in [0.05, 0.1) is 6.54 Å². The molecule has 0 aliphatic heterocycles. The van der Waals surface area contributed by atoms with Crippen molar-refractivity contribution in [1.82, 2.24) is 10.6 Å². The topological polar surface area (TPSA) is 58.2 Å². The van der Waals surface area contributed by atoms with Crippen LogP contribution < -0.4 is 10.6 Å². The first-order valence-electron chi connectivity index (χ1n) is 6.31. The molecule has 4 nitrogen and oxygen atoms in total. The fourth-order valence-corrected chi connectivity index (χ4v) is 1.85. The van der Waals surface area contributed by atoms with Crippen LogP contribution in [0, 0.1) is 19.7 Å². The minimum atomic E-state index is -0.364. The summed E-state index contributed by atoms with van der Waals surface area (Å²) < 4.78 is 13.4. The molecule has 1 saturated carbocycles. The number of aryl methyl sites for hydroxylation is 2. The lowest BCUT2D eigenvalue weighted by Gasteiger charge is -2.08. The van der Waals surface area contributed by atoms with E-state index >= 15 is 0 Å². The summed E-state index contributed by atoms with van der Waals surface area (Å²) >= 11 is 0. The van der Waals surface area contributed by atoms with Crippen LogP contribution in [-0.2, 0) is 4.79 Å². The molecule has 102 valence electrons. The normalized spacial score (nSPS) is 14.1. The highest BCUT2D eigenvalue weighted by atomic mass is 19.1. The lowest BCUT2D eigenvalue weighted by Crippen LogP contribution is -2.37. The van der Waals surface area contributed by atoms with Crippen LogP contribution >= 0.6 is 0 Å². The quantitative estimate of drug-likeness (QED) is 0.864. The van der Waals surface area contributed by atoms with Crippen LogP contribution in [0.2, 0.25) is 0 Å². The Morgan fingerprint density at radius 1 is 1.26 bits per heavy atom. The number of hydrogen-bond donors (Lipinski definition) is 2. The van der Waals surface area contributed by atoms with E-state index < -0.39 is 0 Å². The average Bonchev–Trinajstić information content (AvgIpc) is 3.16. The molecule has 1 aromatic carbocycles. The molecular formula is C14H17FN2O2. The van der Waals surface area contributed by atoms with Crippen molar-refractivity contribution in [2.75, 3.05) is 6.54 Å². The summed E-state index contributed by atoms with van der Waals surface area (Å²) in [4.78, 5) is 23.3. The Morgan fingerprint density at radius 3 is 2.37 bits per heavy atom. The van der Waals surface area contributed by atoms with Crippen LogP contribution in [0.4, 0.5) is 4.39 Å². The van der Waals surface area contributed by atoms with E-state index in [1.165, 1.54) is 12.1 Å². The maximum Gasteiger partial charge on any atom is 0.251 e. The third-order valence-corrected chi connectivity index (χ3v) is 3.05. The molecule has 0 atom stereocenters. The second kappa shape index (κ2) is 5.38. The Hall–Kier alpha value is -1.91. The Morgan fingerprint density at radius 2 is 1.84 bits per heavy atom. The Balaban J connectivity index is 1.93. The van der Waals surface area contributed by atoms with Crippen LogP contribution in [0.3, 0.4) is 0 Å². The molecule has 2 N–H and O–H groups in total. The van der Waals surface area contributed by atoms with Crippen molar-refractivity contribution >= 4 is 11.8 Å². The van der Waals surface area contributed by atoms with Gasteiger partial charge in [0.15, 0.2) is 0 Å². The van der Waals surface area contributed by atoms with Crippen molar-refractivity contribution in [3.63, 3.8) is 0 Å². The van der Waals surface area contributed by atoms with Gasteiger partial charge >= 0.3 is 0 Å². The second-order valence-corrected chi connectivity index (χ2v) is 4.95. The van der Waals surface area contributed by atoms with E-state index in [0.29, 0.717) is 16.7 Å². The predicted octanol–water partition coefficient (Wildman–Crippen LogP) is 1.45. The second-order valence-electron chi connectivity index (χ2n) is 4.95. The minimum Gasteiger partial charge on any atom is -0.352 e. The van der Waals surface area contributed by atoms with Crippen molar-refractivity contribution in [2.24, 2.45) is 0 Å². The van der Waals surface area contributed by atoms with Gasteiger partial charge in [-0.1, -0.05) is 0 Å². The maximum absolute atomic E-state index is 13.4. The van der Waals surface area contributed by atoms with Crippen molar-refractivity contribution in [3.05, 3.63) is 34.6 Å². The predicted molar refractivity (Wildman–Crippen MR) is 69.4 cm³/mol. The van der Waals surface area contributed by atoms with Crippen molar-refractivity contribution in [3.8, 4) is 0 Å². The zero-order chi connectivity index (χ0) is 14.0. The van der Waals surface area contributed by atoms with Crippen LogP contribution in [-0.4, -0.2) is 24.4 Å². The fourth-order valence-electron chi connectivity index (χ4n) is 1.85. The molecule has 0 heterocycles. The zero-order valence-corrected chi connectivity index (χ0v) is 11.0. The first-order valence-corrected chi connectivity index (χ1v) is 6.31. The number of amides is 2. The van der Waals surface area contributed by atoms with Gasteiger partial charge in [0.25, 0.3) is 5.91 Å². The van der Waals surface area contributed by atoms with Crippen molar-refractivity contribution in [2.45, 2.75) is 32.7 Å². The highest BCUT2D eigenvalue weighted by Gasteiger charge is 2.23. The third-order valence-electron chi connectivity index (χ3n) is 3.05. The largest absolute Gasteiger partial charge is 0.352 e. The summed E-state index contributed by atoms with van der Waals surface area (Å²) in [7, 11) is 0. The summed E-state index contributed by atoms with van der Waals surface area (Å²) in [6.07, 6.45) is 2.02. The monoisotopic (exact) mass is 264 g/mol. The number of rotatable bonds is 4. The van der Waals surface area contributed by atoms with E-state index in [4.69, 9.17) is 0 Å². The molecule has 0 spiro atoms. The molecule has 5 heteroatoms. The number of halogens is 1. The van der Waals surface area contributed by atoms with Gasteiger partial charge in [0.2, 0.25) is 5.91 Å². The molecule has 0 bridgehead atoms. The van der Waals surface area contributed by atoms with Gasteiger partial charge < -0.3 is 10.6 Å². The summed E-state index contributed by atoms with van der Waals surface area (Å²) in [5.41, 5.74) is 1.22. The summed E-state index contributed by atoms with van der Waals surface area (Å²) in [6.45, 7) is 3.17. The van der Waals surface area contributed by atoms with Crippen LogP contribution in [0.25, 0.3) is 0 Å². The Kier molecular flexibility index (Phi) is 3.83. The Bertz CT molecular complexity index is 501. The van der Waals surface area contributed by atoms with Gasteiger partial charge in [-0.15, -0.1) is 0 Å². The molecule has 1 aliphatic carbocycles. The molecule has 1 fully saturated rings. The standard InChI is InChI=1S/C14H17FN2O2/c1-8-5-10(6-9(2)13(8)15)14(19)16-7-12(18)17-11-3-4-11/h5-6,11H,3-4,7H2,1-2H3,(H,16,19)(H,17,18). The Labute approximate surface area is 111 Å². The lowest BCUT2D eigenvalue weighted by atomic mass is 10.1. The molecular weight excluding hydrogens is 247 g/mol. The molecule has 0 unspecified atom stereocenters. The number of nitrogens with one attached hydrogen (secondary N) is 2. The van der Waals surface area contributed by atoms with Crippen molar-refractivity contribution < 1.29 is 14.0 Å². The maximum atomic E-state index is 13.4. The van der Waals surface area contributed by atoms with Crippen LogP contribution in [0.15, 0.2) is 12.1 Å². The smallest absolute Gasteiger partial charge is 0.251 e. The fraction of sp³-hybridized carbons (Fsp3) is 0.429. The van der Waals surface area contributed by atoms with Gasteiger partial charge in [-0.2, -0.15) is 0 Å². The summed E-state index contributed by atoms with van der Waals surface area (Å²) in [6, 6.07) is 3.24. The summed E-state index contributed by atoms with van der Waals surface area (Å²) in [5, 5.41) is 5.31. The van der Waals surface area contributed by atoms with Gasteiger partial charge in [-0.05, 0) is 49.9 Å². The minimum absolute atomic E-state index is 0.0508. The van der Waals surface area contributed by atoms with E-state index in [1.54, 1.807) is 13.8 Å². The van der Waals surface area contributed by atoms with E-state index in [1.807, 2.05) is 0 Å².